The number of morpholine rings is 1. The van der Waals surface area contributed by atoms with E-state index in [0.717, 1.165) is 15.0 Å². The van der Waals surface area contributed by atoms with E-state index >= 15 is 0 Å². The van der Waals surface area contributed by atoms with Gasteiger partial charge in [-0.05, 0) is 71.6 Å². The van der Waals surface area contributed by atoms with Gasteiger partial charge in [0.25, 0.3) is 11.8 Å². The smallest absolute Gasteiger partial charge is 0.262 e. The van der Waals surface area contributed by atoms with Crippen molar-refractivity contribution in [1.82, 2.24) is 5.32 Å². The molecule has 2 aromatic rings. The van der Waals surface area contributed by atoms with Crippen molar-refractivity contribution in [2.24, 2.45) is 0 Å². The number of anilines is 2. The molecule has 7 nitrogen and oxygen atoms in total. The number of amides is 3. The monoisotopic (exact) mass is 477 g/mol. The van der Waals surface area contributed by atoms with Crippen molar-refractivity contribution in [3.8, 4) is 0 Å². The third-order valence-corrected chi connectivity index (χ3v) is 6.69. The molecule has 9 heteroatoms. The second-order valence-electron chi connectivity index (χ2n) is 7.19. The van der Waals surface area contributed by atoms with Crippen LogP contribution in [0.3, 0.4) is 0 Å². The van der Waals surface area contributed by atoms with E-state index in [1.165, 1.54) is 11.3 Å². The van der Waals surface area contributed by atoms with Crippen LogP contribution in [0.5, 0.6) is 0 Å². The first-order chi connectivity index (χ1) is 13.9. The number of hydrogen-bond acceptors (Lipinski definition) is 5. The number of thiophene rings is 1. The highest BCUT2D eigenvalue weighted by atomic mass is 79.9. The van der Waals surface area contributed by atoms with E-state index in [9.17, 15) is 14.4 Å². The molecule has 1 saturated carbocycles. The lowest BCUT2D eigenvalue weighted by molar-refractivity contribution is -0.125. The lowest BCUT2D eigenvalue weighted by atomic mass is 10.1. The minimum absolute atomic E-state index is 0.0732. The van der Waals surface area contributed by atoms with E-state index in [-0.39, 0.29) is 24.3 Å². The minimum atomic E-state index is -0.861. The molecule has 1 saturated heterocycles. The summed E-state index contributed by atoms with van der Waals surface area (Å²) in [5.74, 6) is -0.544. The number of benzene rings is 1. The van der Waals surface area contributed by atoms with Crippen LogP contribution in [-0.4, -0.2) is 43.0 Å². The van der Waals surface area contributed by atoms with Gasteiger partial charge in [0, 0.05) is 17.9 Å². The molecule has 1 aromatic carbocycles. The predicted molar refractivity (Wildman–Crippen MR) is 114 cm³/mol. The fourth-order valence-electron chi connectivity index (χ4n) is 3.31. The van der Waals surface area contributed by atoms with Gasteiger partial charge in [0.2, 0.25) is 5.91 Å². The first-order valence-corrected chi connectivity index (χ1v) is 10.9. The van der Waals surface area contributed by atoms with Gasteiger partial charge >= 0.3 is 0 Å². The maximum atomic E-state index is 12.8. The Bertz CT molecular complexity index is 986. The third-order valence-electron chi connectivity index (χ3n) is 5.07. The lowest BCUT2D eigenvalue weighted by Gasteiger charge is -2.28. The number of carbonyl (C=O) groups excluding carboxylic acids is 3. The molecule has 1 aliphatic carbocycles. The van der Waals surface area contributed by atoms with Gasteiger partial charge in [0.05, 0.1) is 15.3 Å². The molecule has 1 aliphatic heterocycles. The lowest BCUT2D eigenvalue weighted by Crippen LogP contribution is -2.46. The van der Waals surface area contributed by atoms with Crippen LogP contribution in [0.25, 0.3) is 0 Å². The van der Waals surface area contributed by atoms with Crippen LogP contribution in [-0.2, 0) is 14.3 Å². The van der Waals surface area contributed by atoms with Crippen molar-refractivity contribution in [1.29, 1.82) is 0 Å². The largest absolute Gasteiger partial charge is 0.370 e. The van der Waals surface area contributed by atoms with Crippen molar-refractivity contribution in [2.75, 3.05) is 30.0 Å². The van der Waals surface area contributed by atoms with E-state index in [0.29, 0.717) is 36.6 Å². The normalized spacial score (nSPS) is 17.7. The maximum Gasteiger partial charge on any atom is 0.262 e. The molecule has 0 bridgehead atoms. The topological polar surface area (TPSA) is 87.7 Å². The second kappa shape index (κ2) is 7.89. The summed E-state index contributed by atoms with van der Waals surface area (Å²) in [7, 11) is 0. The summed E-state index contributed by atoms with van der Waals surface area (Å²) in [6.07, 6.45) is 1.22. The van der Waals surface area contributed by atoms with Gasteiger partial charge in [-0.3, -0.25) is 14.4 Å². The molecule has 2 N–H and O–H groups in total. The highest BCUT2D eigenvalue weighted by molar-refractivity contribution is 9.11. The summed E-state index contributed by atoms with van der Waals surface area (Å²) in [6.45, 7) is 3.00. The van der Waals surface area contributed by atoms with E-state index in [1.807, 2.05) is 25.1 Å². The summed E-state index contributed by atoms with van der Waals surface area (Å²) < 4.78 is 6.04. The summed E-state index contributed by atoms with van der Waals surface area (Å²) in [6, 6.07) is 8.98. The number of rotatable bonds is 5. The van der Waals surface area contributed by atoms with Crippen molar-refractivity contribution < 1.29 is 19.1 Å². The van der Waals surface area contributed by atoms with E-state index in [2.05, 4.69) is 26.6 Å². The van der Waals surface area contributed by atoms with Gasteiger partial charge in [-0.25, -0.2) is 0 Å². The fourth-order valence-corrected chi connectivity index (χ4v) is 4.59. The molecule has 3 amide bonds. The molecule has 0 unspecified atom stereocenters. The Balaban J connectivity index is 1.43. The molecular formula is C20H20BrN3O4S. The highest BCUT2D eigenvalue weighted by Crippen LogP contribution is 2.38. The van der Waals surface area contributed by atoms with Gasteiger partial charge in [-0.2, -0.15) is 0 Å². The summed E-state index contributed by atoms with van der Waals surface area (Å²) in [4.78, 5) is 39.6. The summed E-state index contributed by atoms with van der Waals surface area (Å²) in [5, 5.41) is 5.77. The van der Waals surface area contributed by atoms with Crippen LogP contribution >= 0.6 is 27.3 Å². The van der Waals surface area contributed by atoms with Gasteiger partial charge in [-0.1, -0.05) is 0 Å². The minimum Gasteiger partial charge on any atom is -0.370 e. The molecule has 152 valence electrons. The Morgan fingerprint density at radius 1 is 1.24 bits per heavy atom. The van der Waals surface area contributed by atoms with Crippen molar-refractivity contribution in [3.05, 3.63) is 44.6 Å². The summed E-state index contributed by atoms with van der Waals surface area (Å²) in [5.41, 5.74) is 1.47. The number of nitrogens with one attached hydrogen (secondary N) is 2. The van der Waals surface area contributed by atoms with Crippen LogP contribution in [0.4, 0.5) is 11.4 Å². The Morgan fingerprint density at radius 2 is 2.03 bits per heavy atom. The van der Waals surface area contributed by atoms with Crippen LogP contribution in [0, 0.1) is 6.92 Å². The zero-order valence-electron chi connectivity index (χ0n) is 15.8. The number of ether oxygens (including phenoxy) is 1. The summed E-state index contributed by atoms with van der Waals surface area (Å²) >= 11 is 4.67. The molecule has 2 fully saturated rings. The molecule has 2 aliphatic rings. The predicted octanol–water partition coefficient (Wildman–Crippen LogP) is 3.08. The van der Waals surface area contributed by atoms with Crippen LogP contribution in [0.1, 0.15) is 28.1 Å². The number of aryl methyl sites for hydroxylation is 1. The average molecular weight is 478 g/mol. The quantitative estimate of drug-likeness (QED) is 0.692. The first kappa shape index (κ1) is 20.1. The fraction of sp³-hybridized carbons (Fsp3) is 0.350. The molecule has 2 heterocycles. The Kier molecular flexibility index (Phi) is 5.46. The van der Waals surface area contributed by atoms with Crippen LogP contribution < -0.4 is 15.5 Å². The average Bonchev–Trinajstić information content (AvgIpc) is 3.34. The number of hydrogen-bond donors (Lipinski definition) is 2. The maximum absolute atomic E-state index is 12.8. The Hall–Kier alpha value is -2.23. The Morgan fingerprint density at radius 3 is 2.66 bits per heavy atom. The third kappa shape index (κ3) is 4.22. The van der Waals surface area contributed by atoms with Crippen LogP contribution in [0.2, 0.25) is 0 Å². The molecule has 29 heavy (non-hydrogen) atoms. The van der Waals surface area contributed by atoms with E-state index in [4.69, 9.17) is 4.74 Å². The van der Waals surface area contributed by atoms with Gasteiger partial charge < -0.3 is 20.3 Å². The highest BCUT2D eigenvalue weighted by Gasteiger charge is 2.51. The van der Waals surface area contributed by atoms with E-state index in [1.54, 1.807) is 17.0 Å². The number of halogens is 1. The van der Waals surface area contributed by atoms with Crippen molar-refractivity contribution in [3.63, 3.8) is 0 Å². The van der Waals surface area contributed by atoms with Gasteiger partial charge in [0.15, 0.2) is 0 Å². The van der Waals surface area contributed by atoms with Crippen LogP contribution in [0.15, 0.2) is 34.1 Å². The first-order valence-electron chi connectivity index (χ1n) is 9.26. The molecule has 0 atom stereocenters. The molecule has 0 spiro atoms. The van der Waals surface area contributed by atoms with Gasteiger partial charge in [-0.15, -0.1) is 11.3 Å². The zero-order chi connectivity index (χ0) is 20.6. The molecule has 0 radical (unpaired) electrons. The molecular weight excluding hydrogens is 458 g/mol. The SMILES string of the molecule is Cc1cc(NC(=O)C2(NC(=O)c3ccc(Br)s3)CC2)ccc1N1CCOCC1=O. The zero-order valence-corrected chi connectivity index (χ0v) is 18.2. The Labute approximate surface area is 180 Å². The molecule has 1 aromatic heterocycles. The van der Waals surface area contributed by atoms with Crippen molar-refractivity contribution >= 4 is 56.4 Å². The van der Waals surface area contributed by atoms with E-state index < -0.39 is 5.54 Å². The number of carbonyl (C=O) groups is 3. The number of nitrogens with zero attached hydrogens (tertiary/aromatic N) is 1. The van der Waals surface area contributed by atoms with Gasteiger partial charge in [0.1, 0.15) is 12.1 Å². The standard InChI is InChI=1S/C20H20BrN3O4S/c1-12-10-13(2-3-14(12)24-8-9-28-11-17(24)25)22-19(27)20(6-7-20)23-18(26)15-4-5-16(21)29-15/h2-5,10H,6-9,11H2,1H3,(H,22,27)(H,23,26). The second-order valence-corrected chi connectivity index (χ2v) is 9.66. The molecule has 4 rings (SSSR count). The van der Waals surface area contributed by atoms with Crippen molar-refractivity contribution in [2.45, 2.75) is 25.3 Å².